The van der Waals surface area contributed by atoms with Crippen LogP contribution < -0.4 is 10.1 Å². The average Bonchev–Trinajstić information content (AvgIpc) is 2.62. The van der Waals surface area contributed by atoms with Gasteiger partial charge in [0.2, 0.25) is 0 Å². The zero-order valence-electron chi connectivity index (χ0n) is 9.75. The molecule has 1 N–H and O–H groups in total. The maximum Gasteiger partial charge on any atom is 0.393 e. The quantitative estimate of drug-likeness (QED) is 0.752. The predicted molar refractivity (Wildman–Crippen MR) is 58.8 cm³/mol. The van der Waals surface area contributed by atoms with Gasteiger partial charge in [-0.1, -0.05) is 20.8 Å². The minimum absolute atomic E-state index is 0.373. The van der Waals surface area contributed by atoms with Gasteiger partial charge in [0.05, 0.1) is 12.3 Å². The van der Waals surface area contributed by atoms with Crippen LogP contribution in [0.15, 0.2) is 10.7 Å². The third kappa shape index (κ3) is 4.83. The highest BCUT2D eigenvalue weighted by atomic mass is 16.6. The fraction of sp³-hybridized carbons (Fsp3) is 0.727. The second-order valence-electron chi connectivity index (χ2n) is 3.98. The van der Waals surface area contributed by atoms with Crippen LogP contribution in [0.5, 0.6) is 6.08 Å². The van der Waals surface area contributed by atoms with Gasteiger partial charge in [-0.05, 0) is 18.9 Å². The maximum absolute atomic E-state index is 5.26. The van der Waals surface area contributed by atoms with Crippen molar-refractivity contribution in [3.63, 3.8) is 0 Å². The van der Waals surface area contributed by atoms with E-state index in [1.807, 2.05) is 6.92 Å². The van der Waals surface area contributed by atoms with Crippen LogP contribution in [-0.2, 0) is 6.54 Å². The molecule has 0 aromatic carbocycles. The van der Waals surface area contributed by atoms with Gasteiger partial charge >= 0.3 is 6.08 Å². The third-order valence-corrected chi connectivity index (χ3v) is 1.82. The van der Waals surface area contributed by atoms with Gasteiger partial charge in [0.1, 0.15) is 6.26 Å². The first-order valence-corrected chi connectivity index (χ1v) is 5.50. The first-order chi connectivity index (χ1) is 7.22. The van der Waals surface area contributed by atoms with Gasteiger partial charge < -0.3 is 14.5 Å². The molecule has 0 fully saturated rings. The highest BCUT2D eigenvalue weighted by Gasteiger charge is 2.04. The van der Waals surface area contributed by atoms with Crippen LogP contribution in [0.2, 0.25) is 0 Å². The molecule has 15 heavy (non-hydrogen) atoms. The monoisotopic (exact) mass is 212 g/mol. The van der Waals surface area contributed by atoms with E-state index >= 15 is 0 Å². The van der Waals surface area contributed by atoms with E-state index in [0.29, 0.717) is 18.6 Å². The Labute approximate surface area is 91.0 Å². The number of oxazole rings is 1. The number of ether oxygens (including phenoxy) is 1. The van der Waals surface area contributed by atoms with Crippen LogP contribution in [0, 0.1) is 5.92 Å². The van der Waals surface area contributed by atoms with E-state index in [2.05, 4.69) is 24.1 Å². The lowest BCUT2D eigenvalue weighted by Gasteiger charge is -2.04. The predicted octanol–water partition coefficient (Wildman–Crippen LogP) is 2.21. The topological polar surface area (TPSA) is 47.3 Å². The summed E-state index contributed by atoms with van der Waals surface area (Å²) in [6, 6.07) is 0. The Morgan fingerprint density at radius 1 is 1.53 bits per heavy atom. The largest absolute Gasteiger partial charge is 0.450 e. The summed E-state index contributed by atoms with van der Waals surface area (Å²) in [6.45, 7) is 8.76. The molecule has 4 heteroatoms. The molecule has 1 aromatic heterocycles. The molecule has 0 amide bonds. The Kier molecular flexibility index (Phi) is 5.18. The SMILES string of the molecule is CCCOc1nc(CNCC(C)C)co1. The first kappa shape index (κ1) is 12.0. The van der Waals surface area contributed by atoms with Crippen molar-refractivity contribution in [3.8, 4) is 6.08 Å². The summed E-state index contributed by atoms with van der Waals surface area (Å²) in [5, 5.41) is 3.29. The summed E-state index contributed by atoms with van der Waals surface area (Å²) in [4.78, 5) is 4.19. The summed E-state index contributed by atoms with van der Waals surface area (Å²) < 4.78 is 10.4. The van der Waals surface area contributed by atoms with Crippen molar-refractivity contribution in [2.75, 3.05) is 13.2 Å². The molecule has 0 spiro atoms. The van der Waals surface area contributed by atoms with Gasteiger partial charge in [-0.3, -0.25) is 0 Å². The molecular formula is C11H20N2O2. The van der Waals surface area contributed by atoms with Crippen molar-refractivity contribution in [2.45, 2.75) is 33.7 Å². The lowest BCUT2D eigenvalue weighted by atomic mass is 10.2. The van der Waals surface area contributed by atoms with E-state index in [1.54, 1.807) is 6.26 Å². The minimum Gasteiger partial charge on any atom is -0.450 e. The number of rotatable bonds is 7. The number of hydrogen-bond acceptors (Lipinski definition) is 4. The molecular weight excluding hydrogens is 192 g/mol. The fourth-order valence-corrected chi connectivity index (χ4v) is 1.11. The summed E-state index contributed by atoms with van der Waals surface area (Å²) in [5.41, 5.74) is 0.891. The molecule has 0 saturated heterocycles. The maximum atomic E-state index is 5.26. The van der Waals surface area contributed by atoms with Crippen LogP contribution >= 0.6 is 0 Å². The summed E-state index contributed by atoms with van der Waals surface area (Å²) >= 11 is 0. The Morgan fingerprint density at radius 3 is 3.00 bits per heavy atom. The van der Waals surface area contributed by atoms with E-state index in [1.165, 1.54) is 0 Å². The van der Waals surface area contributed by atoms with E-state index < -0.39 is 0 Å². The number of aromatic nitrogens is 1. The molecule has 1 aromatic rings. The summed E-state index contributed by atoms with van der Waals surface area (Å²) in [6.07, 6.45) is 2.97. The Morgan fingerprint density at radius 2 is 2.33 bits per heavy atom. The van der Waals surface area contributed by atoms with Gasteiger partial charge in [0.15, 0.2) is 0 Å². The lowest BCUT2D eigenvalue weighted by Crippen LogP contribution is -2.19. The third-order valence-electron chi connectivity index (χ3n) is 1.82. The highest BCUT2D eigenvalue weighted by molar-refractivity contribution is 4.99. The van der Waals surface area contributed by atoms with Crippen molar-refractivity contribution < 1.29 is 9.15 Å². The molecule has 0 atom stereocenters. The van der Waals surface area contributed by atoms with E-state index in [0.717, 1.165) is 25.2 Å². The average molecular weight is 212 g/mol. The fourth-order valence-electron chi connectivity index (χ4n) is 1.11. The molecule has 1 heterocycles. The zero-order chi connectivity index (χ0) is 11.1. The Bertz CT molecular complexity index is 271. The second-order valence-corrected chi connectivity index (χ2v) is 3.98. The first-order valence-electron chi connectivity index (χ1n) is 5.50. The minimum atomic E-state index is 0.373. The summed E-state index contributed by atoms with van der Waals surface area (Å²) in [7, 11) is 0. The van der Waals surface area contributed by atoms with Crippen molar-refractivity contribution in [1.29, 1.82) is 0 Å². The zero-order valence-corrected chi connectivity index (χ0v) is 9.75. The van der Waals surface area contributed by atoms with Gasteiger partial charge in [-0.15, -0.1) is 0 Å². The van der Waals surface area contributed by atoms with Crippen LogP contribution in [0.1, 0.15) is 32.9 Å². The Balaban J connectivity index is 2.26. The number of nitrogens with one attached hydrogen (secondary N) is 1. The van der Waals surface area contributed by atoms with Gasteiger partial charge in [0, 0.05) is 6.54 Å². The smallest absolute Gasteiger partial charge is 0.393 e. The van der Waals surface area contributed by atoms with E-state index in [-0.39, 0.29) is 0 Å². The van der Waals surface area contributed by atoms with Crippen molar-refractivity contribution in [2.24, 2.45) is 5.92 Å². The Hall–Kier alpha value is -1.03. The molecule has 86 valence electrons. The summed E-state index contributed by atoms with van der Waals surface area (Å²) in [5.74, 6) is 0.646. The van der Waals surface area contributed by atoms with Crippen LogP contribution in [-0.4, -0.2) is 18.1 Å². The van der Waals surface area contributed by atoms with Crippen LogP contribution in [0.4, 0.5) is 0 Å². The number of nitrogens with zero attached hydrogens (tertiary/aromatic N) is 1. The molecule has 0 unspecified atom stereocenters. The molecule has 1 rings (SSSR count). The van der Waals surface area contributed by atoms with Gasteiger partial charge in [-0.25, -0.2) is 0 Å². The van der Waals surface area contributed by atoms with Crippen molar-refractivity contribution in [1.82, 2.24) is 10.3 Å². The highest BCUT2D eigenvalue weighted by Crippen LogP contribution is 2.10. The second kappa shape index (κ2) is 6.45. The van der Waals surface area contributed by atoms with Gasteiger partial charge in [-0.2, -0.15) is 4.98 Å². The normalized spacial score (nSPS) is 10.9. The van der Waals surface area contributed by atoms with Crippen molar-refractivity contribution >= 4 is 0 Å². The van der Waals surface area contributed by atoms with E-state index in [9.17, 15) is 0 Å². The standard InChI is InChI=1S/C11H20N2O2/c1-4-5-14-11-13-10(8-15-11)7-12-6-9(2)3/h8-9,12H,4-7H2,1-3H3. The molecule has 0 bridgehead atoms. The molecule has 0 aliphatic heterocycles. The number of hydrogen-bond donors (Lipinski definition) is 1. The molecule has 0 aliphatic carbocycles. The molecule has 0 saturated carbocycles. The van der Waals surface area contributed by atoms with Crippen molar-refractivity contribution in [3.05, 3.63) is 12.0 Å². The van der Waals surface area contributed by atoms with Crippen LogP contribution in [0.3, 0.4) is 0 Å². The van der Waals surface area contributed by atoms with Gasteiger partial charge in [0.25, 0.3) is 0 Å². The molecule has 4 nitrogen and oxygen atoms in total. The molecule has 0 radical (unpaired) electrons. The lowest BCUT2D eigenvalue weighted by molar-refractivity contribution is 0.230. The van der Waals surface area contributed by atoms with Crippen LogP contribution in [0.25, 0.3) is 0 Å². The molecule has 0 aliphatic rings. The van der Waals surface area contributed by atoms with E-state index in [4.69, 9.17) is 9.15 Å².